The summed E-state index contributed by atoms with van der Waals surface area (Å²) in [4.78, 5) is 50.6. The molecule has 0 saturated carbocycles. The van der Waals surface area contributed by atoms with E-state index in [9.17, 15) is 14.2 Å². The molecule has 0 aromatic carbocycles. The summed E-state index contributed by atoms with van der Waals surface area (Å²) >= 11 is 1.09. The number of rotatable bonds is 28. The number of alkyl halides is 2. The van der Waals surface area contributed by atoms with Crippen LogP contribution < -0.4 is 11.5 Å². The van der Waals surface area contributed by atoms with Gasteiger partial charge < -0.3 is 39.7 Å². The van der Waals surface area contributed by atoms with Crippen LogP contribution >= 0.6 is 36.1 Å². The zero-order valence-corrected chi connectivity index (χ0v) is 46.1. The molecule has 3 aliphatic heterocycles. The number of carbonyl (C=O) groups is 2. The molecule has 4 N–H and O–H groups in total. The summed E-state index contributed by atoms with van der Waals surface area (Å²) in [7, 11) is 0. The van der Waals surface area contributed by atoms with Crippen LogP contribution in [-0.2, 0) is 56.0 Å². The molecule has 0 bridgehead atoms. The first kappa shape index (κ1) is 59.1. The first-order chi connectivity index (χ1) is 36.3. The molecule has 3 aliphatic rings. The van der Waals surface area contributed by atoms with Crippen LogP contribution in [0.5, 0.6) is 0 Å². The average Bonchev–Trinajstić information content (AvgIpc) is 4.17. The Morgan fingerprint density at radius 2 is 1.07 bits per heavy atom. The van der Waals surface area contributed by atoms with Gasteiger partial charge in [0.25, 0.3) is 6.57 Å². The second-order valence-corrected chi connectivity index (χ2v) is 27.5. The van der Waals surface area contributed by atoms with Crippen molar-refractivity contribution in [1.29, 1.82) is 0 Å². The quantitative estimate of drug-likeness (QED) is 0.0231. The Bertz CT molecular complexity index is 2540. The standard InChI is InChI=1S/C47H72F2N10O12P2S2/c1-3-5-7-9-11-13-15-17-19-21-34(60)65-30-74-72(62)29-64-40-32(69-46(36(40)48)58-27-56-38-42(50)52-25-54-44(38)58)24-68-73(63,75-31-66-35(61)22-20-18-16-14-12-10-8-6-4-2)71-41-33(23-67-72)70-47(37(41)49)59-28-57-39-43(51)53-26-55-45(39)59/h25-28,32-33,36-37,40-41,46-47H,3-24,29-31H2,1-2H3,(H2,50,52,54)(H2,51,53,55)/t32-,33?,36-,37-,40-,41-,46-,47-,72?,73?/m1/s1. The van der Waals surface area contributed by atoms with Gasteiger partial charge in [0, 0.05) is 24.2 Å². The molecule has 7 heterocycles. The monoisotopic (exact) mass is 1130 g/mol. The molecule has 0 spiro atoms. The number of nitrogens with zero attached hydrogens (tertiary/aromatic N) is 8. The van der Waals surface area contributed by atoms with Crippen LogP contribution in [0, 0.1) is 0 Å². The number of anilines is 2. The lowest BCUT2D eigenvalue weighted by Gasteiger charge is -2.26. The summed E-state index contributed by atoms with van der Waals surface area (Å²) in [5, 5.41) is 0. The van der Waals surface area contributed by atoms with Crippen molar-refractivity contribution in [1.82, 2.24) is 39.0 Å². The molecular weight excluding hydrogens is 1060 g/mol. The zero-order valence-electron chi connectivity index (χ0n) is 42.7. The van der Waals surface area contributed by atoms with E-state index in [2.05, 4.69) is 43.8 Å². The largest absolute Gasteiger partial charge is 0.454 e. The smallest absolute Gasteiger partial charge is 0.392 e. The number of nitrogens with two attached hydrogens (primary N) is 2. The molecule has 28 heteroatoms. The van der Waals surface area contributed by atoms with Gasteiger partial charge in [-0.1, -0.05) is 117 Å². The first-order valence-electron chi connectivity index (χ1n) is 26.2. The van der Waals surface area contributed by atoms with E-state index in [1.165, 1.54) is 85.8 Å². The van der Waals surface area contributed by atoms with Gasteiger partial charge in [0.2, 0.25) is 0 Å². The summed E-state index contributed by atoms with van der Waals surface area (Å²) in [6.45, 7) is -5.91. The average molecular weight is 1130 g/mol. The number of hydrogen-bond donors (Lipinski definition) is 2. The van der Waals surface area contributed by atoms with Crippen LogP contribution in [0.3, 0.4) is 0 Å². The predicted octanol–water partition coefficient (Wildman–Crippen LogP) is 10.7. The van der Waals surface area contributed by atoms with Gasteiger partial charge in [-0.2, -0.15) is 0 Å². The van der Waals surface area contributed by atoms with Crippen LogP contribution in [0.25, 0.3) is 22.3 Å². The molecule has 10 atom stereocenters. The Morgan fingerprint density at radius 3 is 1.57 bits per heavy atom. The van der Waals surface area contributed by atoms with Gasteiger partial charge >= 0.3 is 18.7 Å². The number of nitrogen functional groups attached to an aromatic ring is 2. The van der Waals surface area contributed by atoms with Gasteiger partial charge in [0.05, 0.1) is 25.9 Å². The number of aromatic nitrogens is 8. The number of unbranched alkanes of at least 4 members (excludes halogenated alkanes) is 16. The number of hydrogen-bond acceptors (Lipinski definition) is 22. The molecule has 418 valence electrons. The van der Waals surface area contributed by atoms with E-state index in [0.717, 1.165) is 51.4 Å². The fourth-order valence-corrected chi connectivity index (χ4v) is 14.6. The van der Waals surface area contributed by atoms with Crippen LogP contribution in [0.15, 0.2) is 25.3 Å². The molecule has 3 fully saturated rings. The van der Waals surface area contributed by atoms with Gasteiger partial charge in [-0.25, -0.2) is 43.2 Å². The zero-order chi connectivity index (χ0) is 53.2. The first-order valence-corrected chi connectivity index (χ1v) is 32.7. The van der Waals surface area contributed by atoms with Crippen LogP contribution in [-0.4, -0.2) is 119 Å². The Balaban J connectivity index is 1.09. The van der Waals surface area contributed by atoms with Crippen molar-refractivity contribution in [2.45, 2.75) is 191 Å². The Hall–Kier alpha value is -3.58. The van der Waals surface area contributed by atoms with E-state index in [0.29, 0.717) is 35.6 Å². The van der Waals surface area contributed by atoms with Gasteiger partial charge in [-0.05, 0) is 24.2 Å². The third-order valence-electron chi connectivity index (χ3n) is 13.2. The second kappa shape index (κ2) is 29.4. The van der Waals surface area contributed by atoms with Crippen molar-refractivity contribution in [3.05, 3.63) is 25.3 Å². The lowest BCUT2D eigenvalue weighted by molar-refractivity contribution is -0.142. The predicted molar refractivity (Wildman–Crippen MR) is 280 cm³/mol. The summed E-state index contributed by atoms with van der Waals surface area (Å²) in [6.07, 6.45) is 9.83. The van der Waals surface area contributed by atoms with Crippen LogP contribution in [0.4, 0.5) is 20.4 Å². The highest BCUT2D eigenvalue weighted by atomic mass is 32.7. The van der Waals surface area contributed by atoms with Crippen molar-refractivity contribution >= 4 is 82.0 Å². The number of ether oxygens (including phenoxy) is 5. The minimum atomic E-state index is -4.69. The fourth-order valence-electron chi connectivity index (χ4n) is 9.06. The molecule has 7 rings (SSSR count). The highest BCUT2D eigenvalue weighted by molar-refractivity contribution is 8.56. The van der Waals surface area contributed by atoms with Crippen molar-refractivity contribution in [3.8, 4) is 0 Å². The van der Waals surface area contributed by atoms with E-state index in [4.69, 9.17) is 48.7 Å². The molecular formula is C47H72F2N10O12P2S2. The van der Waals surface area contributed by atoms with E-state index in [-0.39, 0.29) is 46.8 Å². The third kappa shape index (κ3) is 16.5. The third-order valence-corrected chi connectivity index (χ3v) is 20.3. The molecule has 22 nitrogen and oxygen atoms in total. The number of carbonyl (C=O) groups excluding carboxylic acids is 2. The fraction of sp³-hybridized carbons (Fsp3) is 0.745. The Morgan fingerprint density at radius 1 is 0.627 bits per heavy atom. The highest BCUT2D eigenvalue weighted by Gasteiger charge is 2.54. The van der Waals surface area contributed by atoms with Crippen molar-refractivity contribution < 1.29 is 64.8 Å². The normalized spacial score (nSPS) is 27.4. The summed E-state index contributed by atoms with van der Waals surface area (Å²) in [5.74, 6) is -1.97. The maximum absolute atomic E-state index is 17.2. The maximum Gasteiger partial charge on any atom is 0.392 e. The molecule has 0 amide bonds. The molecule has 3 saturated heterocycles. The minimum absolute atomic E-state index is 0.0200. The van der Waals surface area contributed by atoms with E-state index < -0.39 is 106 Å². The Kier molecular flexibility index (Phi) is 23.2. The van der Waals surface area contributed by atoms with Crippen LogP contribution in [0.1, 0.15) is 155 Å². The number of esters is 2. The van der Waals surface area contributed by atoms with Gasteiger partial charge in [0.15, 0.2) is 47.7 Å². The summed E-state index contributed by atoms with van der Waals surface area (Å²) in [6, 6.07) is 0. The van der Waals surface area contributed by atoms with Gasteiger partial charge in [0.1, 0.15) is 66.3 Å². The molecule has 4 aromatic rings. The topological polar surface area (TPSA) is 281 Å². The Labute approximate surface area is 443 Å². The SMILES string of the molecule is CCCCCCCCCCCC(=O)OCSP1(=O)CO[C@H]2[C@@H](F)[C@H](n3cnc4c(N)ncnc43)O[C@@H]2COP(=O)(SCOC(=O)CCCCCCCCCCC)O[C@@H]2C(CO1)O[C@@H](n1cnc3c(N)ncnc31)[C@@H]2F. The van der Waals surface area contributed by atoms with Crippen molar-refractivity contribution in [2.75, 3.05) is 42.9 Å². The van der Waals surface area contributed by atoms with Crippen LogP contribution in [0.2, 0.25) is 0 Å². The van der Waals surface area contributed by atoms with Crippen molar-refractivity contribution in [3.63, 3.8) is 0 Å². The van der Waals surface area contributed by atoms with Gasteiger partial charge in [-0.3, -0.25) is 32.3 Å². The molecule has 75 heavy (non-hydrogen) atoms. The molecule has 3 unspecified atom stereocenters. The van der Waals surface area contributed by atoms with Crippen molar-refractivity contribution in [2.24, 2.45) is 0 Å². The second-order valence-electron chi connectivity index (χ2n) is 18.8. The summed E-state index contributed by atoms with van der Waals surface area (Å²) < 4.78 is 114. The summed E-state index contributed by atoms with van der Waals surface area (Å²) in [5.41, 5.74) is 12.6. The minimum Gasteiger partial charge on any atom is -0.454 e. The maximum atomic E-state index is 17.2. The number of fused-ring (bicyclic) bond motifs is 4. The lowest BCUT2D eigenvalue weighted by atomic mass is 10.1. The lowest BCUT2D eigenvalue weighted by Crippen LogP contribution is -2.35. The molecule has 0 aliphatic carbocycles. The highest BCUT2D eigenvalue weighted by Crippen LogP contribution is 2.65. The molecule has 0 radical (unpaired) electrons. The van der Waals surface area contributed by atoms with E-state index in [1.807, 2.05) is 0 Å². The number of imidazole rings is 2. The molecule has 4 aromatic heterocycles. The van der Waals surface area contributed by atoms with Gasteiger partial charge in [-0.15, -0.1) is 0 Å². The number of halogens is 2. The van der Waals surface area contributed by atoms with E-state index in [1.54, 1.807) is 0 Å². The van der Waals surface area contributed by atoms with E-state index >= 15 is 13.3 Å².